The van der Waals surface area contributed by atoms with Crippen LogP contribution >= 0.6 is 0 Å². The summed E-state index contributed by atoms with van der Waals surface area (Å²) in [5, 5.41) is 2.59. The molecule has 0 spiro atoms. The van der Waals surface area contributed by atoms with Crippen LogP contribution in [0.5, 0.6) is 0 Å². The Balaban J connectivity index is 2.93. The van der Waals surface area contributed by atoms with Gasteiger partial charge in [0.25, 0.3) is 0 Å². The number of alkyl halides is 3. The maximum absolute atomic E-state index is 13.1. The van der Waals surface area contributed by atoms with Gasteiger partial charge in [-0.15, -0.1) is 0 Å². The third-order valence-corrected chi connectivity index (χ3v) is 4.48. The Kier molecular flexibility index (Phi) is 7.24. The lowest BCUT2D eigenvalue weighted by Crippen LogP contribution is -2.37. The zero-order valence-electron chi connectivity index (χ0n) is 14.3. The molecule has 6 nitrogen and oxygen atoms in total. The Morgan fingerprint density at radius 3 is 2.28 bits per heavy atom. The number of likely N-dealkylation sites (N-methyl/N-ethyl adjacent to an activating group) is 1. The van der Waals surface area contributed by atoms with E-state index in [0.717, 1.165) is 18.4 Å². The first-order chi connectivity index (χ1) is 11.4. The maximum atomic E-state index is 13.1. The van der Waals surface area contributed by atoms with E-state index in [2.05, 4.69) is 5.32 Å². The predicted molar refractivity (Wildman–Crippen MR) is 89.8 cm³/mol. The topological polar surface area (TPSA) is 69.7 Å². The van der Waals surface area contributed by atoms with Crippen LogP contribution < -0.4 is 9.62 Å². The summed E-state index contributed by atoms with van der Waals surface area (Å²) in [4.78, 5) is 13.6. The van der Waals surface area contributed by atoms with Gasteiger partial charge in [0.15, 0.2) is 0 Å². The van der Waals surface area contributed by atoms with Crippen LogP contribution in [-0.2, 0) is 21.0 Å². The summed E-state index contributed by atoms with van der Waals surface area (Å²) in [6, 6.07) is 4.39. The van der Waals surface area contributed by atoms with Crippen molar-refractivity contribution in [3.63, 3.8) is 0 Å². The van der Waals surface area contributed by atoms with Crippen LogP contribution in [-0.4, -0.2) is 59.2 Å². The van der Waals surface area contributed by atoms with Crippen LogP contribution in [0.1, 0.15) is 12.0 Å². The molecule has 0 aliphatic heterocycles. The summed E-state index contributed by atoms with van der Waals surface area (Å²) in [7, 11) is -0.335. The highest BCUT2D eigenvalue weighted by molar-refractivity contribution is 7.92. The number of nitrogens with zero attached hydrogens (tertiary/aromatic N) is 2. The summed E-state index contributed by atoms with van der Waals surface area (Å²) in [5.41, 5.74) is -1.55. The number of rotatable bonds is 8. The predicted octanol–water partition coefficient (Wildman–Crippen LogP) is 1.54. The van der Waals surface area contributed by atoms with Gasteiger partial charge >= 0.3 is 6.18 Å². The second-order valence-corrected chi connectivity index (χ2v) is 7.66. The average Bonchev–Trinajstić information content (AvgIpc) is 2.45. The van der Waals surface area contributed by atoms with E-state index in [0.29, 0.717) is 17.4 Å². The van der Waals surface area contributed by atoms with Crippen molar-refractivity contribution in [2.45, 2.75) is 12.6 Å². The van der Waals surface area contributed by atoms with E-state index in [1.54, 1.807) is 0 Å². The van der Waals surface area contributed by atoms with Gasteiger partial charge in [-0.05, 0) is 26.2 Å². The highest BCUT2D eigenvalue weighted by Gasteiger charge is 2.36. The van der Waals surface area contributed by atoms with Crippen LogP contribution in [0.4, 0.5) is 18.9 Å². The van der Waals surface area contributed by atoms with Crippen molar-refractivity contribution in [3.05, 3.63) is 29.8 Å². The average molecular weight is 381 g/mol. The van der Waals surface area contributed by atoms with Crippen molar-refractivity contribution in [3.8, 4) is 0 Å². The number of amides is 1. The number of para-hydroxylation sites is 1. The monoisotopic (exact) mass is 381 g/mol. The van der Waals surface area contributed by atoms with Gasteiger partial charge in [0.05, 0.1) is 17.5 Å². The molecule has 25 heavy (non-hydrogen) atoms. The van der Waals surface area contributed by atoms with Crippen molar-refractivity contribution >= 4 is 21.6 Å². The number of hydrogen-bond acceptors (Lipinski definition) is 4. The fourth-order valence-electron chi connectivity index (χ4n) is 2.11. The van der Waals surface area contributed by atoms with Crippen LogP contribution in [0, 0.1) is 0 Å². The smallest absolute Gasteiger partial charge is 0.355 e. The van der Waals surface area contributed by atoms with Gasteiger partial charge in [0, 0.05) is 26.1 Å². The Labute approximate surface area is 145 Å². The van der Waals surface area contributed by atoms with Gasteiger partial charge < -0.3 is 10.2 Å². The zero-order valence-corrected chi connectivity index (χ0v) is 15.1. The molecule has 0 aliphatic carbocycles. The third kappa shape index (κ3) is 6.91. The van der Waals surface area contributed by atoms with E-state index in [-0.39, 0.29) is 13.0 Å². The third-order valence-electron chi connectivity index (χ3n) is 3.30. The molecule has 0 fully saturated rings. The summed E-state index contributed by atoms with van der Waals surface area (Å²) in [6.07, 6.45) is -4.13. The molecule has 0 radical (unpaired) electrons. The van der Waals surface area contributed by atoms with Crippen LogP contribution in [0.15, 0.2) is 24.3 Å². The largest absolute Gasteiger partial charge is 0.418 e. The van der Waals surface area contributed by atoms with E-state index in [4.69, 9.17) is 0 Å². The number of hydrogen-bond donors (Lipinski definition) is 1. The molecule has 0 unspecified atom stereocenters. The molecule has 10 heteroatoms. The number of carbonyl (C=O) groups excluding carboxylic acids is 1. The van der Waals surface area contributed by atoms with E-state index in [1.807, 2.05) is 19.0 Å². The van der Waals surface area contributed by atoms with Gasteiger partial charge in [0.2, 0.25) is 15.9 Å². The first kappa shape index (κ1) is 21.2. The van der Waals surface area contributed by atoms with Crippen molar-refractivity contribution < 1.29 is 26.4 Å². The minimum Gasteiger partial charge on any atom is -0.355 e. The van der Waals surface area contributed by atoms with Crippen molar-refractivity contribution in [2.75, 3.05) is 44.3 Å². The number of carbonyl (C=O) groups is 1. The lowest BCUT2D eigenvalue weighted by Gasteiger charge is -2.25. The minimum atomic E-state index is -4.70. The second-order valence-electron chi connectivity index (χ2n) is 5.75. The molecule has 0 saturated carbocycles. The fraction of sp³-hybridized carbons (Fsp3) is 0.533. The standard InChI is InChI=1S/C15H22F3N3O3S/c1-20(2)11-9-19-14(22)8-10-21(25(3,23)24)13-7-5-4-6-12(13)15(16,17)18/h4-7H,8-11H2,1-3H3,(H,19,22). The van der Waals surface area contributed by atoms with Gasteiger partial charge in [-0.2, -0.15) is 13.2 Å². The minimum absolute atomic E-state index is 0.243. The number of halogens is 3. The molecule has 1 N–H and O–H groups in total. The highest BCUT2D eigenvalue weighted by atomic mass is 32.2. The van der Waals surface area contributed by atoms with Crippen LogP contribution in [0.3, 0.4) is 0 Å². The zero-order chi connectivity index (χ0) is 19.3. The van der Waals surface area contributed by atoms with Gasteiger partial charge in [-0.1, -0.05) is 12.1 Å². The molecule has 1 rings (SSSR count). The summed E-state index contributed by atoms with van der Waals surface area (Å²) in [6.45, 7) is 0.585. The van der Waals surface area contributed by atoms with Gasteiger partial charge in [0.1, 0.15) is 0 Å². The molecule has 0 aromatic heterocycles. The van der Waals surface area contributed by atoms with Crippen molar-refractivity contribution in [2.24, 2.45) is 0 Å². The Morgan fingerprint density at radius 1 is 1.16 bits per heavy atom. The molecule has 0 aliphatic rings. The number of sulfonamides is 1. The van der Waals surface area contributed by atoms with E-state index in [1.165, 1.54) is 12.1 Å². The van der Waals surface area contributed by atoms with Crippen LogP contribution in [0.25, 0.3) is 0 Å². The maximum Gasteiger partial charge on any atom is 0.418 e. The summed E-state index contributed by atoms with van der Waals surface area (Å²) < 4.78 is 63.9. The van der Waals surface area contributed by atoms with Crippen LogP contribution in [0.2, 0.25) is 0 Å². The van der Waals surface area contributed by atoms with Gasteiger partial charge in [-0.3, -0.25) is 9.10 Å². The normalized spacial score (nSPS) is 12.3. The summed E-state index contributed by atoms with van der Waals surface area (Å²) in [5.74, 6) is -0.431. The number of nitrogens with one attached hydrogen (secondary N) is 1. The molecule has 1 aromatic carbocycles. The molecule has 0 bridgehead atoms. The van der Waals surface area contributed by atoms with Crippen molar-refractivity contribution in [1.82, 2.24) is 10.2 Å². The lowest BCUT2D eigenvalue weighted by atomic mass is 10.1. The molecule has 0 saturated heterocycles. The molecular weight excluding hydrogens is 359 g/mol. The molecule has 0 atom stereocenters. The quantitative estimate of drug-likeness (QED) is 0.742. The van der Waals surface area contributed by atoms with Gasteiger partial charge in [-0.25, -0.2) is 8.42 Å². The van der Waals surface area contributed by atoms with E-state index in [9.17, 15) is 26.4 Å². The highest BCUT2D eigenvalue weighted by Crippen LogP contribution is 2.37. The SMILES string of the molecule is CN(C)CCNC(=O)CCN(c1ccccc1C(F)(F)F)S(C)(=O)=O. The lowest BCUT2D eigenvalue weighted by molar-refractivity contribution is -0.137. The summed E-state index contributed by atoms with van der Waals surface area (Å²) >= 11 is 0. The van der Waals surface area contributed by atoms with E-state index < -0.39 is 33.4 Å². The first-order valence-electron chi connectivity index (χ1n) is 7.48. The second kappa shape index (κ2) is 8.52. The fourth-order valence-corrected chi connectivity index (χ4v) is 3.05. The Bertz CT molecular complexity index is 691. The Hall–Kier alpha value is -1.81. The molecule has 1 aromatic rings. The van der Waals surface area contributed by atoms with Crippen molar-refractivity contribution in [1.29, 1.82) is 0 Å². The number of benzene rings is 1. The molecule has 1 amide bonds. The molecule has 142 valence electrons. The first-order valence-corrected chi connectivity index (χ1v) is 9.33. The molecule has 0 heterocycles. The molecular formula is C15H22F3N3O3S. The number of anilines is 1. The Morgan fingerprint density at radius 2 is 1.76 bits per heavy atom. The van der Waals surface area contributed by atoms with E-state index >= 15 is 0 Å².